The molecule has 0 radical (unpaired) electrons. The lowest BCUT2D eigenvalue weighted by molar-refractivity contribution is 0.398. The first-order chi connectivity index (χ1) is 7.79. The van der Waals surface area contributed by atoms with E-state index in [0.29, 0.717) is 23.9 Å². The van der Waals surface area contributed by atoms with E-state index in [4.69, 9.17) is 10.5 Å². The van der Waals surface area contributed by atoms with Gasteiger partial charge in [0.1, 0.15) is 0 Å². The van der Waals surface area contributed by atoms with Gasteiger partial charge in [-0.1, -0.05) is 0 Å². The number of rotatable bonds is 4. The van der Waals surface area contributed by atoms with Crippen LogP contribution in [-0.4, -0.2) is 22.3 Å². The van der Waals surface area contributed by atoms with Crippen LogP contribution in [0.5, 0.6) is 5.88 Å². The third-order valence-electron chi connectivity index (χ3n) is 2.11. The fourth-order valence-corrected chi connectivity index (χ4v) is 1.27. The number of nitrogens with two attached hydrogens (primary N) is 1. The van der Waals surface area contributed by atoms with Crippen LogP contribution in [0.15, 0.2) is 24.4 Å². The Balaban J connectivity index is 2.08. The van der Waals surface area contributed by atoms with E-state index >= 15 is 0 Å². The van der Waals surface area contributed by atoms with Crippen LogP contribution in [0.3, 0.4) is 0 Å². The van der Waals surface area contributed by atoms with E-state index in [2.05, 4.69) is 20.5 Å². The number of aromatic amines is 1. The van der Waals surface area contributed by atoms with Crippen molar-refractivity contribution in [3.05, 3.63) is 30.1 Å². The highest BCUT2D eigenvalue weighted by molar-refractivity contribution is 5.61. The number of hydrogen-bond donors (Lipinski definition) is 3. The lowest BCUT2D eigenvalue weighted by Crippen LogP contribution is -2.05. The summed E-state index contributed by atoms with van der Waals surface area (Å²) in [5, 5.41) is 9.80. The summed E-state index contributed by atoms with van der Waals surface area (Å²) < 4.78 is 5.02. The number of nitrogen functional groups attached to an aromatic ring is 1. The number of ether oxygens (including phenoxy) is 1. The maximum atomic E-state index is 5.78. The molecule has 6 nitrogen and oxygen atoms in total. The highest BCUT2D eigenvalue weighted by Crippen LogP contribution is 2.19. The second-order valence-electron chi connectivity index (χ2n) is 3.23. The third kappa shape index (κ3) is 2.22. The zero-order valence-electron chi connectivity index (χ0n) is 8.90. The number of pyridine rings is 1. The van der Waals surface area contributed by atoms with Crippen LogP contribution in [0.2, 0.25) is 0 Å². The van der Waals surface area contributed by atoms with Crippen molar-refractivity contribution in [1.82, 2.24) is 15.2 Å². The Kier molecular flexibility index (Phi) is 2.90. The monoisotopic (exact) mass is 219 g/mol. The number of nitrogens with zero attached hydrogens (tertiary/aromatic N) is 2. The van der Waals surface area contributed by atoms with Crippen molar-refractivity contribution in [1.29, 1.82) is 0 Å². The van der Waals surface area contributed by atoms with Crippen molar-refractivity contribution in [3.63, 3.8) is 0 Å². The molecule has 2 aromatic rings. The Hall–Kier alpha value is -2.24. The molecule has 0 atom stereocenters. The van der Waals surface area contributed by atoms with Crippen molar-refractivity contribution in [2.24, 2.45) is 0 Å². The zero-order chi connectivity index (χ0) is 11.4. The minimum atomic E-state index is 0.529. The molecule has 2 heterocycles. The summed E-state index contributed by atoms with van der Waals surface area (Å²) in [7, 11) is 1.57. The summed E-state index contributed by atoms with van der Waals surface area (Å²) >= 11 is 0. The van der Waals surface area contributed by atoms with E-state index in [1.54, 1.807) is 25.4 Å². The molecule has 0 unspecified atom stereocenters. The molecule has 6 heteroatoms. The first-order valence-electron chi connectivity index (χ1n) is 4.82. The lowest BCUT2D eigenvalue weighted by atomic mass is 10.3. The predicted octanol–water partition coefficient (Wildman–Crippen LogP) is 1.01. The average Bonchev–Trinajstić information content (AvgIpc) is 2.81. The first kappa shape index (κ1) is 10.3. The van der Waals surface area contributed by atoms with Gasteiger partial charge in [0.25, 0.3) is 0 Å². The van der Waals surface area contributed by atoms with Crippen molar-refractivity contribution in [2.75, 3.05) is 18.2 Å². The van der Waals surface area contributed by atoms with Crippen LogP contribution in [0.25, 0.3) is 0 Å². The topological polar surface area (TPSA) is 88.9 Å². The van der Waals surface area contributed by atoms with Crippen LogP contribution >= 0.6 is 0 Å². The van der Waals surface area contributed by atoms with Crippen molar-refractivity contribution < 1.29 is 4.74 Å². The summed E-state index contributed by atoms with van der Waals surface area (Å²) in [5.41, 5.74) is 7.32. The van der Waals surface area contributed by atoms with E-state index in [1.165, 1.54) is 0 Å². The number of H-pyrrole nitrogens is 1. The Labute approximate surface area is 92.8 Å². The minimum absolute atomic E-state index is 0.529. The SMILES string of the molecule is COc1ccc(N)c(NCc2ccn[nH]2)n1. The molecule has 84 valence electrons. The van der Waals surface area contributed by atoms with Gasteiger partial charge in [0, 0.05) is 12.3 Å². The van der Waals surface area contributed by atoms with E-state index in [0.717, 1.165) is 5.69 Å². The van der Waals surface area contributed by atoms with Gasteiger partial charge in [0.2, 0.25) is 5.88 Å². The average molecular weight is 219 g/mol. The predicted molar refractivity (Wildman–Crippen MR) is 61.1 cm³/mol. The molecule has 0 aliphatic heterocycles. The third-order valence-corrected chi connectivity index (χ3v) is 2.11. The molecule has 0 aliphatic rings. The highest BCUT2D eigenvalue weighted by Gasteiger charge is 2.03. The molecule has 0 aromatic carbocycles. The van der Waals surface area contributed by atoms with Crippen LogP contribution in [0.1, 0.15) is 5.69 Å². The van der Waals surface area contributed by atoms with Crippen LogP contribution < -0.4 is 15.8 Å². The molecule has 0 saturated heterocycles. The fourth-order valence-electron chi connectivity index (χ4n) is 1.27. The Morgan fingerprint density at radius 2 is 2.31 bits per heavy atom. The molecular weight excluding hydrogens is 206 g/mol. The number of hydrogen-bond acceptors (Lipinski definition) is 5. The maximum absolute atomic E-state index is 5.78. The zero-order valence-corrected chi connectivity index (χ0v) is 8.90. The number of aromatic nitrogens is 3. The van der Waals surface area contributed by atoms with Crippen molar-refractivity contribution in [2.45, 2.75) is 6.54 Å². The van der Waals surface area contributed by atoms with Gasteiger partial charge in [0.05, 0.1) is 25.0 Å². The normalized spacial score (nSPS) is 10.1. The smallest absolute Gasteiger partial charge is 0.215 e. The van der Waals surface area contributed by atoms with Gasteiger partial charge in [-0.05, 0) is 12.1 Å². The molecule has 2 rings (SSSR count). The Bertz CT molecular complexity index is 454. The van der Waals surface area contributed by atoms with E-state index in [9.17, 15) is 0 Å². The van der Waals surface area contributed by atoms with E-state index in [1.807, 2.05) is 6.07 Å². The summed E-state index contributed by atoms with van der Waals surface area (Å²) in [4.78, 5) is 4.20. The quantitative estimate of drug-likeness (QED) is 0.714. The van der Waals surface area contributed by atoms with Gasteiger partial charge >= 0.3 is 0 Å². The summed E-state index contributed by atoms with van der Waals surface area (Å²) in [5.74, 6) is 1.13. The second kappa shape index (κ2) is 4.52. The molecule has 0 saturated carbocycles. The summed E-state index contributed by atoms with van der Waals surface area (Å²) in [6, 6.07) is 5.35. The van der Waals surface area contributed by atoms with Gasteiger partial charge in [-0.2, -0.15) is 10.1 Å². The van der Waals surface area contributed by atoms with Gasteiger partial charge in [-0.15, -0.1) is 0 Å². The second-order valence-corrected chi connectivity index (χ2v) is 3.23. The van der Waals surface area contributed by atoms with Crippen molar-refractivity contribution in [3.8, 4) is 5.88 Å². The molecule has 0 fully saturated rings. The van der Waals surface area contributed by atoms with Crippen molar-refractivity contribution >= 4 is 11.5 Å². The molecule has 4 N–H and O–H groups in total. The standard InChI is InChI=1S/C10H13N5O/c1-16-9-3-2-8(11)10(14-9)12-6-7-4-5-13-15-7/h2-5H,6,11H2,1H3,(H,12,14)(H,13,15). The molecule has 2 aromatic heterocycles. The minimum Gasteiger partial charge on any atom is -0.481 e. The van der Waals surface area contributed by atoms with E-state index < -0.39 is 0 Å². The van der Waals surface area contributed by atoms with Gasteiger partial charge in [-0.25, -0.2) is 0 Å². The molecule has 16 heavy (non-hydrogen) atoms. The van der Waals surface area contributed by atoms with E-state index in [-0.39, 0.29) is 0 Å². The van der Waals surface area contributed by atoms with Crippen LogP contribution in [0, 0.1) is 0 Å². The summed E-state index contributed by atoms with van der Waals surface area (Å²) in [6.45, 7) is 0.588. The Morgan fingerprint density at radius 3 is 3.00 bits per heavy atom. The highest BCUT2D eigenvalue weighted by atomic mass is 16.5. The van der Waals surface area contributed by atoms with Gasteiger partial charge in [-0.3, -0.25) is 5.10 Å². The van der Waals surface area contributed by atoms with Crippen LogP contribution in [0.4, 0.5) is 11.5 Å². The number of anilines is 2. The first-order valence-corrected chi connectivity index (χ1v) is 4.82. The Morgan fingerprint density at radius 1 is 1.44 bits per heavy atom. The van der Waals surface area contributed by atoms with Gasteiger partial charge < -0.3 is 15.8 Å². The molecule has 0 spiro atoms. The van der Waals surface area contributed by atoms with Crippen LogP contribution in [-0.2, 0) is 6.54 Å². The molecule has 0 bridgehead atoms. The lowest BCUT2D eigenvalue weighted by Gasteiger charge is -2.08. The maximum Gasteiger partial charge on any atom is 0.215 e. The fraction of sp³-hybridized carbons (Fsp3) is 0.200. The molecule has 0 amide bonds. The van der Waals surface area contributed by atoms with Gasteiger partial charge in [0.15, 0.2) is 5.82 Å². The largest absolute Gasteiger partial charge is 0.481 e. The number of methoxy groups -OCH3 is 1. The number of nitrogens with one attached hydrogen (secondary N) is 2. The molecule has 0 aliphatic carbocycles. The molecular formula is C10H13N5O. The summed E-state index contributed by atoms with van der Waals surface area (Å²) in [6.07, 6.45) is 1.69.